The number of thiophene rings is 1. The molecule has 122 valence electrons. The summed E-state index contributed by atoms with van der Waals surface area (Å²) in [6.07, 6.45) is 0. The number of rotatable bonds is 4. The Kier molecular flexibility index (Phi) is 4.45. The SMILES string of the molecule is Cc1cc(S(N)(=O)=O)sc1C(=O)Nc1ccc(F)c([N+](=O)[O-])c1. The Hall–Kier alpha value is -2.37. The zero-order chi connectivity index (χ0) is 17.4. The molecule has 0 aliphatic carbocycles. The molecule has 2 rings (SSSR count). The predicted octanol–water partition coefficient (Wildman–Crippen LogP) is 2.00. The number of hydrogen-bond donors (Lipinski definition) is 2. The molecule has 0 atom stereocenters. The molecule has 0 radical (unpaired) electrons. The first-order valence-electron chi connectivity index (χ1n) is 5.98. The van der Waals surface area contributed by atoms with Gasteiger partial charge >= 0.3 is 5.69 Å². The first-order chi connectivity index (χ1) is 10.6. The number of anilines is 1. The number of amides is 1. The molecule has 0 saturated heterocycles. The van der Waals surface area contributed by atoms with Crippen LogP contribution in [-0.2, 0) is 10.0 Å². The van der Waals surface area contributed by atoms with Crippen LogP contribution < -0.4 is 10.5 Å². The van der Waals surface area contributed by atoms with Gasteiger partial charge in [0.1, 0.15) is 4.21 Å². The Morgan fingerprint density at radius 1 is 1.39 bits per heavy atom. The zero-order valence-corrected chi connectivity index (χ0v) is 13.2. The first kappa shape index (κ1) is 17.0. The second-order valence-corrected chi connectivity index (χ2v) is 7.34. The van der Waals surface area contributed by atoms with Crippen molar-refractivity contribution in [1.29, 1.82) is 0 Å². The summed E-state index contributed by atoms with van der Waals surface area (Å²) in [5.74, 6) is -1.71. The highest BCUT2D eigenvalue weighted by molar-refractivity contribution is 7.91. The average Bonchev–Trinajstić information content (AvgIpc) is 2.82. The highest BCUT2D eigenvalue weighted by atomic mass is 32.2. The van der Waals surface area contributed by atoms with Crippen molar-refractivity contribution in [2.75, 3.05) is 5.32 Å². The normalized spacial score (nSPS) is 11.3. The molecule has 0 aliphatic heterocycles. The summed E-state index contributed by atoms with van der Waals surface area (Å²) in [7, 11) is -3.93. The van der Waals surface area contributed by atoms with E-state index in [1.807, 2.05) is 0 Å². The van der Waals surface area contributed by atoms with Gasteiger partial charge in [0.2, 0.25) is 15.8 Å². The number of nitrogens with one attached hydrogen (secondary N) is 1. The van der Waals surface area contributed by atoms with E-state index in [-0.39, 0.29) is 14.8 Å². The molecule has 1 heterocycles. The van der Waals surface area contributed by atoms with E-state index in [4.69, 9.17) is 5.14 Å². The topological polar surface area (TPSA) is 132 Å². The third-order valence-electron chi connectivity index (χ3n) is 2.78. The van der Waals surface area contributed by atoms with E-state index in [1.165, 1.54) is 13.0 Å². The predicted molar refractivity (Wildman–Crippen MR) is 81.4 cm³/mol. The molecule has 0 spiro atoms. The van der Waals surface area contributed by atoms with Gasteiger partial charge < -0.3 is 5.32 Å². The lowest BCUT2D eigenvalue weighted by molar-refractivity contribution is -0.387. The molecule has 1 aromatic heterocycles. The summed E-state index contributed by atoms with van der Waals surface area (Å²) in [5.41, 5.74) is -0.392. The summed E-state index contributed by atoms with van der Waals surface area (Å²) >= 11 is 0.674. The van der Waals surface area contributed by atoms with Crippen LogP contribution in [0, 0.1) is 22.9 Å². The number of benzene rings is 1. The highest BCUT2D eigenvalue weighted by Gasteiger charge is 2.20. The van der Waals surface area contributed by atoms with E-state index in [1.54, 1.807) is 0 Å². The van der Waals surface area contributed by atoms with Crippen LogP contribution in [0.4, 0.5) is 15.8 Å². The van der Waals surface area contributed by atoms with Crippen molar-refractivity contribution in [2.45, 2.75) is 11.1 Å². The quantitative estimate of drug-likeness (QED) is 0.636. The van der Waals surface area contributed by atoms with Crippen molar-refractivity contribution in [1.82, 2.24) is 0 Å². The van der Waals surface area contributed by atoms with Gasteiger partial charge in [-0.1, -0.05) is 0 Å². The number of nitro benzene ring substituents is 1. The highest BCUT2D eigenvalue weighted by Crippen LogP contribution is 2.27. The summed E-state index contributed by atoms with van der Waals surface area (Å²) in [5, 5.41) is 18.0. The van der Waals surface area contributed by atoms with Crippen LogP contribution in [0.3, 0.4) is 0 Å². The van der Waals surface area contributed by atoms with Crippen LogP contribution in [0.1, 0.15) is 15.2 Å². The number of nitro groups is 1. The molecule has 1 aromatic carbocycles. The third-order valence-corrected chi connectivity index (χ3v) is 5.44. The fourth-order valence-corrected chi connectivity index (χ4v) is 3.59. The van der Waals surface area contributed by atoms with Gasteiger partial charge in [0.25, 0.3) is 5.91 Å². The Bertz CT molecular complexity index is 907. The van der Waals surface area contributed by atoms with E-state index in [2.05, 4.69) is 5.32 Å². The molecule has 2 aromatic rings. The fourth-order valence-electron chi connectivity index (χ4n) is 1.74. The minimum Gasteiger partial charge on any atom is -0.321 e. The summed E-state index contributed by atoms with van der Waals surface area (Å²) in [6.45, 7) is 1.52. The number of sulfonamides is 1. The fraction of sp³-hybridized carbons (Fsp3) is 0.0833. The molecule has 3 N–H and O–H groups in total. The molecule has 0 bridgehead atoms. The van der Waals surface area contributed by atoms with Crippen LogP contribution in [0.15, 0.2) is 28.5 Å². The Morgan fingerprint density at radius 3 is 2.57 bits per heavy atom. The Morgan fingerprint density at radius 2 is 2.04 bits per heavy atom. The largest absolute Gasteiger partial charge is 0.321 e. The van der Waals surface area contributed by atoms with Crippen molar-refractivity contribution in [3.8, 4) is 0 Å². The summed E-state index contributed by atoms with van der Waals surface area (Å²) < 4.78 is 35.6. The lowest BCUT2D eigenvalue weighted by Crippen LogP contribution is -2.12. The lowest BCUT2D eigenvalue weighted by atomic mass is 10.2. The number of halogens is 1. The molecule has 8 nitrogen and oxygen atoms in total. The van der Waals surface area contributed by atoms with Crippen molar-refractivity contribution < 1.29 is 22.5 Å². The average molecular weight is 359 g/mol. The van der Waals surface area contributed by atoms with Crippen LogP contribution in [0.25, 0.3) is 0 Å². The summed E-state index contributed by atoms with van der Waals surface area (Å²) in [4.78, 5) is 22.0. The minimum absolute atomic E-state index is 0.00746. The van der Waals surface area contributed by atoms with Gasteiger partial charge in [0, 0.05) is 11.8 Å². The molecular weight excluding hydrogens is 349 g/mol. The molecule has 0 aliphatic rings. The maximum atomic E-state index is 13.2. The van der Waals surface area contributed by atoms with E-state index >= 15 is 0 Å². The monoisotopic (exact) mass is 359 g/mol. The minimum atomic E-state index is -3.93. The second kappa shape index (κ2) is 6.02. The van der Waals surface area contributed by atoms with Crippen molar-refractivity contribution >= 4 is 38.6 Å². The second-order valence-electron chi connectivity index (χ2n) is 4.50. The van der Waals surface area contributed by atoms with Crippen molar-refractivity contribution in [2.24, 2.45) is 5.14 Å². The number of hydrogen-bond acceptors (Lipinski definition) is 6. The third kappa shape index (κ3) is 3.70. The van der Waals surface area contributed by atoms with Gasteiger partial charge in [-0.15, -0.1) is 11.3 Å². The smallest absolute Gasteiger partial charge is 0.306 e. The number of primary sulfonamides is 1. The maximum absolute atomic E-state index is 13.2. The number of nitrogens with zero attached hydrogens (tertiary/aromatic N) is 1. The number of aryl methyl sites for hydroxylation is 1. The summed E-state index contributed by atoms with van der Waals surface area (Å²) in [6, 6.07) is 4.13. The van der Waals surface area contributed by atoms with E-state index in [9.17, 15) is 27.7 Å². The van der Waals surface area contributed by atoms with Gasteiger partial charge in [-0.05, 0) is 30.7 Å². The number of carbonyl (C=O) groups excluding carboxylic acids is 1. The van der Waals surface area contributed by atoms with Gasteiger partial charge in [0.05, 0.1) is 9.80 Å². The molecule has 23 heavy (non-hydrogen) atoms. The van der Waals surface area contributed by atoms with Crippen LogP contribution >= 0.6 is 11.3 Å². The van der Waals surface area contributed by atoms with E-state index in [0.717, 1.165) is 18.2 Å². The van der Waals surface area contributed by atoms with Crippen molar-refractivity contribution in [3.63, 3.8) is 0 Å². The van der Waals surface area contributed by atoms with Crippen LogP contribution in [-0.4, -0.2) is 19.2 Å². The lowest BCUT2D eigenvalue weighted by Gasteiger charge is -2.04. The van der Waals surface area contributed by atoms with Gasteiger partial charge in [0.15, 0.2) is 0 Å². The Labute approximate surface area is 133 Å². The van der Waals surface area contributed by atoms with Crippen LogP contribution in [0.5, 0.6) is 0 Å². The van der Waals surface area contributed by atoms with Crippen molar-refractivity contribution in [3.05, 3.63) is 50.6 Å². The standard InChI is InChI=1S/C12H10FN3O5S2/c1-6-4-10(23(14,20)21)22-11(6)12(17)15-7-2-3-8(13)9(5-7)16(18)19/h2-5H,1H3,(H,15,17)(H2,14,20,21). The van der Waals surface area contributed by atoms with Gasteiger partial charge in [-0.2, -0.15) is 4.39 Å². The molecule has 0 fully saturated rings. The maximum Gasteiger partial charge on any atom is 0.306 e. The Balaban J connectivity index is 2.32. The molecular formula is C12H10FN3O5S2. The first-order valence-corrected chi connectivity index (χ1v) is 8.34. The molecule has 0 unspecified atom stereocenters. The van der Waals surface area contributed by atoms with Gasteiger partial charge in [-0.3, -0.25) is 14.9 Å². The molecule has 0 saturated carbocycles. The zero-order valence-electron chi connectivity index (χ0n) is 11.6. The van der Waals surface area contributed by atoms with E-state index in [0.29, 0.717) is 16.9 Å². The van der Waals surface area contributed by atoms with Gasteiger partial charge in [-0.25, -0.2) is 13.6 Å². The molecule has 1 amide bonds. The van der Waals surface area contributed by atoms with E-state index < -0.39 is 32.4 Å². The number of nitrogens with two attached hydrogens (primary N) is 1. The molecule has 11 heteroatoms. The van der Waals surface area contributed by atoms with Crippen LogP contribution in [0.2, 0.25) is 0 Å². The number of carbonyl (C=O) groups is 1.